The predicted octanol–water partition coefficient (Wildman–Crippen LogP) is 5.96. The fourth-order valence-corrected chi connectivity index (χ4v) is 3.43. The maximum Gasteiger partial charge on any atom is 0.127 e. The van der Waals surface area contributed by atoms with E-state index in [0.717, 1.165) is 38.5 Å². The third-order valence-electron chi connectivity index (χ3n) is 3.33. The Morgan fingerprint density at radius 3 is 2.76 bits per heavy atom. The van der Waals surface area contributed by atoms with Gasteiger partial charge in [0.1, 0.15) is 5.75 Å². The van der Waals surface area contributed by atoms with E-state index in [1.807, 2.05) is 24.3 Å². The number of benzene rings is 2. The molecule has 0 atom stereocenters. The van der Waals surface area contributed by atoms with Gasteiger partial charge in [0.2, 0.25) is 0 Å². The van der Waals surface area contributed by atoms with E-state index in [4.69, 9.17) is 39.5 Å². The van der Waals surface area contributed by atoms with E-state index in [2.05, 4.69) is 21.2 Å². The van der Waals surface area contributed by atoms with Crippen LogP contribution in [-0.2, 0) is 13.0 Å². The van der Waals surface area contributed by atoms with Crippen molar-refractivity contribution in [2.75, 3.05) is 11.9 Å². The summed E-state index contributed by atoms with van der Waals surface area (Å²) in [5.74, 6) is 0.922. The molecule has 0 fully saturated rings. The first-order valence-corrected chi connectivity index (χ1v) is 8.30. The number of fused-ring (bicyclic) bond motifs is 1. The third-order valence-corrected chi connectivity index (χ3v) is 5.32. The van der Waals surface area contributed by atoms with Crippen molar-refractivity contribution in [2.45, 2.75) is 13.0 Å². The molecule has 0 radical (unpaired) electrons. The maximum absolute atomic E-state index is 6.23. The van der Waals surface area contributed by atoms with Crippen LogP contribution in [0.3, 0.4) is 0 Å². The van der Waals surface area contributed by atoms with Gasteiger partial charge in [-0.1, -0.05) is 34.8 Å². The number of ether oxygens (including phenoxy) is 1. The molecule has 0 aromatic heterocycles. The fraction of sp³-hybridized carbons (Fsp3) is 0.200. The van der Waals surface area contributed by atoms with Gasteiger partial charge >= 0.3 is 0 Å². The van der Waals surface area contributed by atoms with Crippen LogP contribution in [0.15, 0.2) is 28.7 Å². The highest BCUT2D eigenvalue weighted by atomic mass is 79.9. The van der Waals surface area contributed by atoms with Crippen LogP contribution in [0.25, 0.3) is 0 Å². The highest BCUT2D eigenvalue weighted by Gasteiger charge is 2.18. The Morgan fingerprint density at radius 2 is 1.95 bits per heavy atom. The zero-order chi connectivity index (χ0) is 15.0. The number of hydrogen-bond donors (Lipinski definition) is 1. The van der Waals surface area contributed by atoms with Crippen molar-refractivity contribution in [3.05, 3.63) is 54.9 Å². The Kier molecular flexibility index (Phi) is 4.55. The molecule has 2 aromatic rings. The number of nitrogens with one attached hydrogen (secondary N) is 1. The molecule has 2 nitrogen and oxygen atoms in total. The Balaban J connectivity index is 1.85. The normalized spacial score (nSPS) is 13.0. The van der Waals surface area contributed by atoms with E-state index in [-0.39, 0.29) is 0 Å². The predicted molar refractivity (Wildman–Crippen MR) is 92.1 cm³/mol. The van der Waals surface area contributed by atoms with Gasteiger partial charge in [0.15, 0.2) is 0 Å². The van der Waals surface area contributed by atoms with Gasteiger partial charge in [-0.2, -0.15) is 0 Å². The summed E-state index contributed by atoms with van der Waals surface area (Å²) in [5, 5.41) is 4.98. The fourth-order valence-electron chi connectivity index (χ4n) is 2.33. The maximum atomic E-state index is 6.23. The molecule has 0 aliphatic carbocycles. The Labute approximate surface area is 146 Å². The summed E-state index contributed by atoms with van der Waals surface area (Å²) in [7, 11) is 0. The van der Waals surface area contributed by atoms with E-state index >= 15 is 0 Å². The molecule has 110 valence electrons. The summed E-state index contributed by atoms with van der Waals surface area (Å²) in [6.45, 7) is 1.27. The van der Waals surface area contributed by atoms with Crippen LogP contribution in [-0.4, -0.2) is 6.61 Å². The summed E-state index contributed by atoms with van der Waals surface area (Å²) >= 11 is 21.8. The number of anilines is 1. The van der Waals surface area contributed by atoms with Crippen molar-refractivity contribution in [3.63, 3.8) is 0 Å². The second-order valence-corrected chi connectivity index (χ2v) is 6.77. The van der Waals surface area contributed by atoms with Crippen LogP contribution in [0.4, 0.5) is 5.69 Å². The van der Waals surface area contributed by atoms with Gasteiger partial charge in [-0.3, -0.25) is 0 Å². The number of halogens is 4. The van der Waals surface area contributed by atoms with Crippen LogP contribution in [0, 0.1) is 0 Å². The minimum atomic E-state index is 0.491. The van der Waals surface area contributed by atoms with E-state index in [9.17, 15) is 0 Å². The lowest BCUT2D eigenvalue weighted by Crippen LogP contribution is -2.02. The third kappa shape index (κ3) is 3.11. The first-order chi connectivity index (χ1) is 10.1. The van der Waals surface area contributed by atoms with Gasteiger partial charge in [-0.25, -0.2) is 0 Å². The summed E-state index contributed by atoms with van der Waals surface area (Å²) in [6.07, 6.45) is 0.897. The minimum Gasteiger partial charge on any atom is -0.493 e. The highest BCUT2D eigenvalue weighted by molar-refractivity contribution is 9.10. The standard InChI is InChI=1S/C15H11BrCl3NO/c16-11-1-2-12(14(19)13(11)18)20-7-9-6-10(17)5-8-3-4-21-15(8)9/h1-2,5-6,20H,3-4,7H2. The number of rotatable bonds is 3. The zero-order valence-electron chi connectivity index (χ0n) is 10.9. The molecular formula is C15H11BrCl3NO. The van der Waals surface area contributed by atoms with Gasteiger partial charge in [0.05, 0.1) is 22.3 Å². The average molecular weight is 408 g/mol. The highest BCUT2D eigenvalue weighted by Crippen LogP contribution is 2.37. The minimum absolute atomic E-state index is 0.491. The van der Waals surface area contributed by atoms with Gasteiger partial charge in [0.25, 0.3) is 0 Å². The summed E-state index contributed by atoms with van der Waals surface area (Å²) in [4.78, 5) is 0. The van der Waals surface area contributed by atoms with Crippen molar-refractivity contribution in [1.29, 1.82) is 0 Å². The molecule has 0 unspecified atom stereocenters. The average Bonchev–Trinajstić information content (AvgIpc) is 2.92. The molecule has 2 aromatic carbocycles. The lowest BCUT2D eigenvalue weighted by molar-refractivity contribution is 0.354. The van der Waals surface area contributed by atoms with Crippen molar-refractivity contribution in [1.82, 2.24) is 0 Å². The molecule has 1 heterocycles. The smallest absolute Gasteiger partial charge is 0.127 e. The summed E-state index contributed by atoms with van der Waals surface area (Å²) in [5.41, 5.74) is 2.95. The Bertz CT molecular complexity index is 706. The SMILES string of the molecule is Clc1cc2c(c(CNc3ccc(Br)c(Cl)c3Cl)c1)OCC2. The molecule has 21 heavy (non-hydrogen) atoms. The van der Waals surface area contributed by atoms with Crippen molar-refractivity contribution in [2.24, 2.45) is 0 Å². The van der Waals surface area contributed by atoms with E-state index in [1.54, 1.807) is 0 Å². The molecule has 0 spiro atoms. The molecule has 6 heteroatoms. The largest absolute Gasteiger partial charge is 0.493 e. The first kappa shape index (κ1) is 15.3. The second-order valence-electron chi connectivity index (χ2n) is 4.73. The van der Waals surface area contributed by atoms with Crippen LogP contribution < -0.4 is 10.1 Å². The van der Waals surface area contributed by atoms with E-state index in [0.29, 0.717) is 23.2 Å². The monoisotopic (exact) mass is 405 g/mol. The molecule has 0 saturated heterocycles. The van der Waals surface area contributed by atoms with Crippen LogP contribution in [0.5, 0.6) is 5.75 Å². The van der Waals surface area contributed by atoms with Crippen molar-refractivity contribution >= 4 is 56.4 Å². The van der Waals surface area contributed by atoms with Crippen molar-refractivity contribution in [3.8, 4) is 5.75 Å². The second kappa shape index (κ2) is 6.25. The topological polar surface area (TPSA) is 21.3 Å². The summed E-state index contributed by atoms with van der Waals surface area (Å²) < 4.78 is 6.45. The molecular weight excluding hydrogens is 396 g/mol. The summed E-state index contributed by atoms with van der Waals surface area (Å²) in [6, 6.07) is 7.60. The molecule has 0 saturated carbocycles. The van der Waals surface area contributed by atoms with E-state index in [1.165, 1.54) is 0 Å². The van der Waals surface area contributed by atoms with Gasteiger partial charge in [-0.15, -0.1) is 0 Å². The van der Waals surface area contributed by atoms with Gasteiger partial charge in [-0.05, 0) is 45.8 Å². The Morgan fingerprint density at radius 1 is 1.14 bits per heavy atom. The molecule has 0 bridgehead atoms. The zero-order valence-corrected chi connectivity index (χ0v) is 14.7. The van der Waals surface area contributed by atoms with Crippen LogP contribution in [0.2, 0.25) is 15.1 Å². The van der Waals surface area contributed by atoms with E-state index < -0.39 is 0 Å². The molecule has 1 N–H and O–H groups in total. The molecule has 1 aliphatic rings. The number of hydrogen-bond acceptors (Lipinski definition) is 2. The van der Waals surface area contributed by atoms with Gasteiger partial charge in [0, 0.05) is 28.0 Å². The molecule has 0 amide bonds. The lowest BCUT2D eigenvalue weighted by atomic mass is 10.1. The first-order valence-electron chi connectivity index (χ1n) is 6.37. The quantitative estimate of drug-likeness (QED) is 0.634. The molecule has 1 aliphatic heterocycles. The van der Waals surface area contributed by atoms with Crippen LogP contribution in [0.1, 0.15) is 11.1 Å². The molecule has 3 rings (SSSR count). The van der Waals surface area contributed by atoms with Crippen molar-refractivity contribution < 1.29 is 4.74 Å². The Hall–Kier alpha value is -0.610. The lowest BCUT2D eigenvalue weighted by Gasteiger charge is -2.13. The van der Waals surface area contributed by atoms with Gasteiger partial charge < -0.3 is 10.1 Å². The van der Waals surface area contributed by atoms with Crippen LogP contribution >= 0.6 is 50.7 Å².